The number of carbonyl (C=O) groups is 2. The SMILES string of the molecule is CCCc1cc(C(=O)N2CCOCC2CC(=O)O)sc1C. The largest absolute Gasteiger partial charge is 0.481 e. The summed E-state index contributed by atoms with van der Waals surface area (Å²) in [6.45, 7) is 5.36. The van der Waals surface area contributed by atoms with E-state index in [0.29, 0.717) is 24.6 Å². The lowest BCUT2D eigenvalue weighted by Gasteiger charge is -2.34. The lowest BCUT2D eigenvalue weighted by Crippen LogP contribution is -2.49. The maximum atomic E-state index is 12.6. The molecule has 0 aromatic carbocycles. The molecule has 1 unspecified atom stereocenters. The summed E-state index contributed by atoms with van der Waals surface area (Å²) in [6.07, 6.45) is 1.94. The molecule has 6 heteroatoms. The van der Waals surface area contributed by atoms with E-state index in [1.165, 1.54) is 21.8 Å². The van der Waals surface area contributed by atoms with Crippen molar-refractivity contribution in [2.75, 3.05) is 19.8 Å². The number of carboxylic acid groups (broad SMARTS) is 1. The molecule has 0 aliphatic carbocycles. The maximum Gasteiger partial charge on any atom is 0.305 e. The van der Waals surface area contributed by atoms with Gasteiger partial charge in [-0.1, -0.05) is 13.3 Å². The minimum atomic E-state index is -0.905. The first-order valence-corrected chi connectivity index (χ1v) is 8.04. The van der Waals surface area contributed by atoms with Crippen LogP contribution < -0.4 is 0 Å². The van der Waals surface area contributed by atoms with Gasteiger partial charge in [-0.3, -0.25) is 9.59 Å². The Labute approximate surface area is 128 Å². The third-order valence-corrected chi connectivity index (χ3v) is 4.73. The molecule has 1 aromatic rings. The summed E-state index contributed by atoms with van der Waals surface area (Å²) in [5.41, 5.74) is 1.22. The highest BCUT2D eigenvalue weighted by Crippen LogP contribution is 2.25. The molecule has 1 atom stereocenters. The zero-order valence-corrected chi connectivity index (χ0v) is 13.2. The molecule has 21 heavy (non-hydrogen) atoms. The Morgan fingerprint density at radius 2 is 2.29 bits per heavy atom. The molecule has 0 radical (unpaired) electrons. The van der Waals surface area contributed by atoms with E-state index in [1.807, 2.05) is 13.0 Å². The Morgan fingerprint density at radius 3 is 2.95 bits per heavy atom. The van der Waals surface area contributed by atoms with Crippen LogP contribution in [0.5, 0.6) is 0 Å². The van der Waals surface area contributed by atoms with Crippen LogP contribution in [0.3, 0.4) is 0 Å². The standard InChI is InChI=1S/C15H21NO4S/c1-3-4-11-7-13(21-10(11)2)15(19)16-5-6-20-9-12(16)8-14(17)18/h7,12H,3-6,8-9H2,1-2H3,(H,17,18). The van der Waals surface area contributed by atoms with E-state index in [4.69, 9.17) is 9.84 Å². The second-order valence-corrected chi connectivity index (χ2v) is 6.52. The molecule has 0 bridgehead atoms. The van der Waals surface area contributed by atoms with Gasteiger partial charge in [0.25, 0.3) is 5.91 Å². The lowest BCUT2D eigenvalue weighted by atomic mass is 10.1. The number of hydrogen-bond donors (Lipinski definition) is 1. The summed E-state index contributed by atoms with van der Waals surface area (Å²) in [6, 6.07) is 1.58. The highest BCUT2D eigenvalue weighted by atomic mass is 32.1. The number of carbonyl (C=O) groups excluding carboxylic acids is 1. The van der Waals surface area contributed by atoms with Gasteiger partial charge < -0.3 is 14.7 Å². The highest BCUT2D eigenvalue weighted by molar-refractivity contribution is 7.14. The second kappa shape index (κ2) is 7.04. The Hall–Kier alpha value is -1.40. The Morgan fingerprint density at radius 1 is 1.52 bits per heavy atom. The van der Waals surface area contributed by atoms with Crippen LogP contribution in [-0.2, 0) is 16.0 Å². The zero-order valence-electron chi connectivity index (χ0n) is 12.4. The van der Waals surface area contributed by atoms with Crippen molar-refractivity contribution in [2.45, 2.75) is 39.2 Å². The molecule has 116 valence electrons. The van der Waals surface area contributed by atoms with Gasteiger partial charge in [-0.05, 0) is 25.0 Å². The van der Waals surface area contributed by atoms with E-state index in [2.05, 4.69) is 6.92 Å². The van der Waals surface area contributed by atoms with Crippen LogP contribution in [-0.4, -0.2) is 47.7 Å². The molecule has 1 aliphatic rings. The molecule has 1 fully saturated rings. The van der Waals surface area contributed by atoms with Gasteiger partial charge in [0.15, 0.2) is 0 Å². The van der Waals surface area contributed by atoms with E-state index in [9.17, 15) is 9.59 Å². The Kier molecular flexibility index (Phi) is 5.36. The number of amides is 1. The van der Waals surface area contributed by atoms with Gasteiger partial charge in [-0.25, -0.2) is 0 Å². The topological polar surface area (TPSA) is 66.8 Å². The monoisotopic (exact) mass is 311 g/mol. The van der Waals surface area contributed by atoms with Crippen molar-refractivity contribution in [2.24, 2.45) is 0 Å². The number of hydrogen-bond acceptors (Lipinski definition) is 4. The first-order valence-electron chi connectivity index (χ1n) is 7.22. The Balaban J connectivity index is 2.16. The van der Waals surface area contributed by atoms with Crippen molar-refractivity contribution in [3.05, 3.63) is 21.4 Å². The van der Waals surface area contributed by atoms with E-state index in [0.717, 1.165) is 12.8 Å². The fourth-order valence-electron chi connectivity index (χ4n) is 2.58. The third-order valence-electron chi connectivity index (χ3n) is 3.65. The summed E-state index contributed by atoms with van der Waals surface area (Å²) < 4.78 is 5.31. The quantitative estimate of drug-likeness (QED) is 0.906. The summed E-state index contributed by atoms with van der Waals surface area (Å²) in [5, 5.41) is 8.96. The van der Waals surface area contributed by atoms with Crippen LogP contribution in [0.2, 0.25) is 0 Å². The second-order valence-electron chi connectivity index (χ2n) is 5.27. The van der Waals surface area contributed by atoms with E-state index >= 15 is 0 Å². The third kappa shape index (κ3) is 3.83. The molecule has 1 aliphatic heterocycles. The average molecular weight is 311 g/mol. The fraction of sp³-hybridized carbons (Fsp3) is 0.600. The Bertz CT molecular complexity index is 526. The molecule has 1 aromatic heterocycles. The van der Waals surface area contributed by atoms with Gasteiger partial charge in [-0.15, -0.1) is 11.3 Å². The molecule has 1 saturated heterocycles. The van der Waals surface area contributed by atoms with Crippen LogP contribution >= 0.6 is 11.3 Å². The van der Waals surface area contributed by atoms with Crippen LogP contribution in [0.25, 0.3) is 0 Å². The number of aliphatic carboxylic acids is 1. The van der Waals surface area contributed by atoms with Crippen molar-refractivity contribution in [3.8, 4) is 0 Å². The van der Waals surface area contributed by atoms with Gasteiger partial charge in [0.05, 0.1) is 30.6 Å². The number of morpholine rings is 1. The van der Waals surface area contributed by atoms with Crippen molar-refractivity contribution in [3.63, 3.8) is 0 Å². The van der Waals surface area contributed by atoms with Crippen LogP contribution in [0, 0.1) is 6.92 Å². The predicted molar refractivity (Wildman–Crippen MR) is 80.9 cm³/mol. The van der Waals surface area contributed by atoms with Gasteiger partial charge >= 0.3 is 5.97 Å². The van der Waals surface area contributed by atoms with Crippen LogP contribution in [0.15, 0.2) is 6.07 Å². The molecule has 1 amide bonds. The summed E-state index contributed by atoms with van der Waals surface area (Å²) in [7, 11) is 0. The number of nitrogens with zero attached hydrogens (tertiary/aromatic N) is 1. The molecule has 2 heterocycles. The van der Waals surface area contributed by atoms with Gasteiger partial charge in [0, 0.05) is 11.4 Å². The van der Waals surface area contributed by atoms with E-state index in [1.54, 1.807) is 4.90 Å². The van der Waals surface area contributed by atoms with E-state index in [-0.39, 0.29) is 18.4 Å². The first-order chi connectivity index (χ1) is 10.0. The molecule has 5 nitrogen and oxygen atoms in total. The van der Waals surface area contributed by atoms with Crippen LogP contribution in [0.1, 0.15) is 39.9 Å². The fourth-order valence-corrected chi connectivity index (χ4v) is 3.60. The maximum absolute atomic E-state index is 12.6. The number of carboxylic acids is 1. The normalized spacial score (nSPS) is 18.8. The minimum absolute atomic E-state index is 0.0694. The van der Waals surface area contributed by atoms with Crippen molar-refractivity contribution in [1.29, 1.82) is 0 Å². The number of rotatable bonds is 5. The van der Waals surface area contributed by atoms with Gasteiger partial charge in [0.1, 0.15) is 0 Å². The zero-order chi connectivity index (χ0) is 15.4. The molecular formula is C15H21NO4S. The molecule has 1 N–H and O–H groups in total. The number of ether oxygens (including phenoxy) is 1. The predicted octanol–water partition coefficient (Wildman–Crippen LogP) is 2.32. The van der Waals surface area contributed by atoms with E-state index < -0.39 is 5.97 Å². The van der Waals surface area contributed by atoms with Gasteiger partial charge in [0.2, 0.25) is 0 Å². The van der Waals surface area contributed by atoms with Crippen molar-refractivity contribution in [1.82, 2.24) is 4.90 Å². The van der Waals surface area contributed by atoms with Gasteiger partial charge in [-0.2, -0.15) is 0 Å². The summed E-state index contributed by atoms with van der Waals surface area (Å²) in [4.78, 5) is 27.1. The smallest absolute Gasteiger partial charge is 0.305 e. The lowest BCUT2D eigenvalue weighted by molar-refractivity contribution is -0.139. The van der Waals surface area contributed by atoms with Crippen molar-refractivity contribution >= 4 is 23.2 Å². The van der Waals surface area contributed by atoms with Crippen LogP contribution in [0.4, 0.5) is 0 Å². The summed E-state index contributed by atoms with van der Waals surface area (Å²) >= 11 is 1.50. The molecule has 0 spiro atoms. The summed E-state index contributed by atoms with van der Waals surface area (Å²) in [5.74, 6) is -0.975. The number of thiophene rings is 1. The van der Waals surface area contributed by atoms with Crippen molar-refractivity contribution < 1.29 is 19.4 Å². The highest BCUT2D eigenvalue weighted by Gasteiger charge is 2.30. The molecular weight excluding hydrogens is 290 g/mol. The average Bonchev–Trinajstić information content (AvgIpc) is 2.80. The molecule has 2 rings (SSSR count). The molecule has 0 saturated carbocycles. The number of aryl methyl sites for hydroxylation is 2. The first kappa shape index (κ1) is 16.0. The minimum Gasteiger partial charge on any atom is -0.481 e.